The highest BCUT2D eigenvalue weighted by Crippen LogP contribution is 2.30. The van der Waals surface area contributed by atoms with E-state index in [1.165, 1.54) is 13.2 Å². The molecule has 1 aliphatic rings. The summed E-state index contributed by atoms with van der Waals surface area (Å²) >= 11 is 0. The monoisotopic (exact) mass is 437 g/mol. The van der Waals surface area contributed by atoms with E-state index < -0.39 is 10.0 Å². The summed E-state index contributed by atoms with van der Waals surface area (Å²) in [5.41, 5.74) is 2.04. The molecule has 0 bridgehead atoms. The van der Waals surface area contributed by atoms with E-state index in [9.17, 15) is 13.2 Å². The van der Waals surface area contributed by atoms with Gasteiger partial charge in [0.25, 0.3) is 15.9 Å². The molecule has 0 radical (unpaired) electrons. The fourth-order valence-electron chi connectivity index (χ4n) is 3.13. The minimum atomic E-state index is -3.70. The number of nitrogens with zero attached hydrogens (tertiary/aromatic N) is 1. The van der Waals surface area contributed by atoms with Gasteiger partial charge in [-0.1, -0.05) is 12.1 Å². The third-order valence-electron chi connectivity index (χ3n) is 4.70. The van der Waals surface area contributed by atoms with Gasteiger partial charge < -0.3 is 20.1 Å². The maximum atomic E-state index is 12.6. The van der Waals surface area contributed by atoms with E-state index in [-0.39, 0.29) is 16.6 Å². The number of nitrogens with one attached hydrogen (secondary N) is 2. The van der Waals surface area contributed by atoms with E-state index in [0.717, 1.165) is 0 Å². The summed E-state index contributed by atoms with van der Waals surface area (Å²) in [5, 5.41) is 5.81. The molecule has 0 fully saturated rings. The molecule has 0 aliphatic carbocycles. The Labute approximate surface area is 179 Å². The Bertz CT molecular complexity index is 1280. The highest BCUT2D eigenvalue weighted by atomic mass is 32.2. The first-order valence-corrected chi connectivity index (χ1v) is 10.7. The van der Waals surface area contributed by atoms with Crippen LogP contribution in [0.15, 0.2) is 76.0 Å². The lowest BCUT2D eigenvalue weighted by molar-refractivity contribution is 0.102. The maximum Gasteiger partial charge on any atom is 0.285 e. The number of methoxy groups -OCH3 is 2. The van der Waals surface area contributed by atoms with Gasteiger partial charge in [-0.15, -0.1) is 4.40 Å². The van der Waals surface area contributed by atoms with E-state index in [2.05, 4.69) is 15.0 Å². The van der Waals surface area contributed by atoms with Crippen molar-refractivity contribution in [1.82, 2.24) is 0 Å². The molecule has 1 heterocycles. The van der Waals surface area contributed by atoms with E-state index in [1.807, 2.05) is 0 Å². The first-order chi connectivity index (χ1) is 14.9. The van der Waals surface area contributed by atoms with Gasteiger partial charge in [0, 0.05) is 22.9 Å². The second-order valence-electron chi connectivity index (χ2n) is 6.63. The van der Waals surface area contributed by atoms with Crippen molar-refractivity contribution in [3.63, 3.8) is 0 Å². The predicted octanol–water partition coefficient (Wildman–Crippen LogP) is 3.52. The van der Waals surface area contributed by atoms with Gasteiger partial charge in [-0.05, 0) is 48.5 Å². The average Bonchev–Trinajstić information content (AvgIpc) is 3.04. The lowest BCUT2D eigenvalue weighted by Gasteiger charge is -2.12. The highest BCUT2D eigenvalue weighted by Gasteiger charge is 2.28. The minimum absolute atomic E-state index is 0.168. The van der Waals surface area contributed by atoms with Crippen LogP contribution in [0.1, 0.15) is 15.9 Å². The van der Waals surface area contributed by atoms with Crippen molar-refractivity contribution in [2.24, 2.45) is 4.40 Å². The van der Waals surface area contributed by atoms with Crippen LogP contribution in [0.3, 0.4) is 0 Å². The number of anilines is 2. The molecule has 0 saturated heterocycles. The number of rotatable bonds is 5. The normalized spacial score (nSPS) is 13.7. The molecular formula is C22H19N3O5S. The van der Waals surface area contributed by atoms with Gasteiger partial charge >= 0.3 is 0 Å². The molecule has 0 aromatic heterocycles. The van der Waals surface area contributed by atoms with Gasteiger partial charge in [-0.2, -0.15) is 8.42 Å². The second kappa shape index (κ2) is 8.11. The molecule has 1 amide bonds. The summed E-state index contributed by atoms with van der Waals surface area (Å²) in [6.45, 7) is 0. The summed E-state index contributed by atoms with van der Waals surface area (Å²) in [6.07, 6.45) is 0. The Balaban J connectivity index is 1.50. The van der Waals surface area contributed by atoms with Gasteiger partial charge in [0.15, 0.2) is 5.84 Å². The lowest BCUT2D eigenvalue weighted by Crippen LogP contribution is -2.14. The Morgan fingerprint density at radius 3 is 2.39 bits per heavy atom. The third kappa shape index (κ3) is 4.08. The average molecular weight is 437 g/mol. The third-order valence-corrected chi connectivity index (χ3v) is 6.03. The van der Waals surface area contributed by atoms with Crippen molar-refractivity contribution in [2.45, 2.75) is 4.90 Å². The predicted molar refractivity (Wildman–Crippen MR) is 118 cm³/mol. The molecule has 0 atom stereocenters. The van der Waals surface area contributed by atoms with Gasteiger partial charge in [0.2, 0.25) is 0 Å². The number of ether oxygens (including phenoxy) is 2. The smallest absolute Gasteiger partial charge is 0.285 e. The van der Waals surface area contributed by atoms with Crippen LogP contribution in [0, 0.1) is 0 Å². The molecule has 4 rings (SSSR count). The van der Waals surface area contributed by atoms with Crippen LogP contribution in [0.5, 0.6) is 11.5 Å². The number of carbonyl (C=O) groups is 1. The van der Waals surface area contributed by atoms with Crippen LogP contribution in [0.25, 0.3) is 0 Å². The van der Waals surface area contributed by atoms with Crippen molar-refractivity contribution in [3.05, 3.63) is 77.9 Å². The zero-order valence-electron chi connectivity index (χ0n) is 16.7. The molecule has 1 aliphatic heterocycles. The van der Waals surface area contributed by atoms with Crippen LogP contribution >= 0.6 is 0 Å². The molecule has 2 N–H and O–H groups in total. The summed E-state index contributed by atoms with van der Waals surface area (Å²) in [4.78, 5) is 12.8. The molecule has 0 spiro atoms. The molecule has 8 nitrogen and oxygen atoms in total. The van der Waals surface area contributed by atoms with Gasteiger partial charge in [0.1, 0.15) is 16.4 Å². The topological polar surface area (TPSA) is 106 Å². The second-order valence-corrected chi connectivity index (χ2v) is 8.21. The molecule has 9 heteroatoms. The number of fused-ring (bicyclic) bond motifs is 1. The van der Waals surface area contributed by atoms with Gasteiger partial charge in [-0.25, -0.2) is 0 Å². The van der Waals surface area contributed by atoms with E-state index >= 15 is 0 Å². The number of sulfonamides is 1. The molecule has 0 saturated carbocycles. The molecule has 3 aromatic rings. The van der Waals surface area contributed by atoms with Gasteiger partial charge in [0.05, 0.1) is 19.9 Å². The fraction of sp³-hybridized carbons (Fsp3) is 0.0909. The number of amidine groups is 1. The first-order valence-electron chi connectivity index (χ1n) is 9.26. The Morgan fingerprint density at radius 2 is 1.68 bits per heavy atom. The first kappa shape index (κ1) is 20.4. The van der Waals surface area contributed by atoms with Crippen LogP contribution < -0.4 is 20.1 Å². The Kier molecular flexibility index (Phi) is 5.35. The molecular weight excluding hydrogens is 418 g/mol. The standard InChI is InChI=1S/C22H19N3O5S/c1-29-16-11-12-18(19(13-16)30-2)24-22(26)14-7-9-15(10-8-14)23-21-17-5-3-4-6-20(17)31(27,28)25-21/h3-13H,1-2H3,(H,23,25)(H,24,26). The molecule has 0 unspecified atom stereocenters. The highest BCUT2D eigenvalue weighted by molar-refractivity contribution is 7.90. The number of carbonyl (C=O) groups excluding carboxylic acids is 1. The largest absolute Gasteiger partial charge is 0.497 e. The number of benzene rings is 3. The lowest BCUT2D eigenvalue weighted by atomic mass is 10.1. The van der Waals surface area contributed by atoms with Crippen LogP contribution in [-0.2, 0) is 10.0 Å². The zero-order valence-corrected chi connectivity index (χ0v) is 17.6. The molecule has 158 valence electrons. The van der Waals surface area contributed by atoms with Crippen LogP contribution in [-0.4, -0.2) is 34.4 Å². The van der Waals surface area contributed by atoms with Gasteiger partial charge in [-0.3, -0.25) is 4.79 Å². The van der Waals surface area contributed by atoms with Crippen LogP contribution in [0.4, 0.5) is 11.4 Å². The van der Waals surface area contributed by atoms with E-state index in [1.54, 1.807) is 67.8 Å². The van der Waals surface area contributed by atoms with Crippen molar-refractivity contribution in [3.8, 4) is 11.5 Å². The quantitative estimate of drug-likeness (QED) is 0.633. The Hall–Kier alpha value is -3.85. The zero-order chi connectivity index (χ0) is 22.0. The SMILES string of the molecule is COc1ccc(NC(=O)c2ccc(NC3=NS(=O)(=O)c4ccccc43)cc2)c(OC)c1. The number of hydrogen-bond donors (Lipinski definition) is 2. The van der Waals surface area contributed by atoms with Crippen molar-refractivity contribution >= 4 is 33.1 Å². The van der Waals surface area contributed by atoms with Crippen molar-refractivity contribution in [2.75, 3.05) is 24.9 Å². The van der Waals surface area contributed by atoms with Crippen molar-refractivity contribution in [1.29, 1.82) is 0 Å². The molecule has 31 heavy (non-hydrogen) atoms. The summed E-state index contributed by atoms with van der Waals surface area (Å²) in [7, 11) is -0.644. The Morgan fingerprint density at radius 1 is 0.935 bits per heavy atom. The maximum absolute atomic E-state index is 12.6. The summed E-state index contributed by atoms with van der Waals surface area (Å²) in [5.74, 6) is 1.02. The van der Waals surface area contributed by atoms with Crippen LogP contribution in [0.2, 0.25) is 0 Å². The number of hydrogen-bond acceptors (Lipinski definition) is 6. The summed E-state index contributed by atoms with van der Waals surface area (Å²) < 4.78 is 38.6. The van der Waals surface area contributed by atoms with Crippen molar-refractivity contribution < 1.29 is 22.7 Å². The minimum Gasteiger partial charge on any atom is -0.497 e. The van der Waals surface area contributed by atoms with E-state index in [4.69, 9.17) is 9.47 Å². The number of amides is 1. The fourth-order valence-corrected chi connectivity index (χ4v) is 4.31. The molecule has 3 aromatic carbocycles. The summed E-state index contributed by atoms with van der Waals surface area (Å²) in [6, 6.07) is 18.3. The van der Waals surface area contributed by atoms with E-state index in [0.29, 0.717) is 34.0 Å².